The monoisotopic (exact) mass is 397 g/mol. The number of amides is 1. The van der Waals surface area contributed by atoms with Gasteiger partial charge in [-0.2, -0.15) is 0 Å². The van der Waals surface area contributed by atoms with E-state index >= 15 is 0 Å². The summed E-state index contributed by atoms with van der Waals surface area (Å²) in [5.41, 5.74) is 3.74. The highest BCUT2D eigenvalue weighted by molar-refractivity contribution is 5.76. The van der Waals surface area contributed by atoms with E-state index < -0.39 is 0 Å². The fraction of sp³-hybridized carbons (Fsp3) is 0.435. The average Bonchev–Trinajstić information content (AvgIpc) is 3.22. The van der Waals surface area contributed by atoms with Gasteiger partial charge in [-0.05, 0) is 29.8 Å². The first-order chi connectivity index (χ1) is 14.2. The van der Waals surface area contributed by atoms with Crippen LogP contribution in [0.3, 0.4) is 0 Å². The van der Waals surface area contributed by atoms with Crippen LogP contribution in [-0.4, -0.2) is 52.3 Å². The van der Waals surface area contributed by atoms with Gasteiger partial charge in [0.2, 0.25) is 0 Å². The topological polar surface area (TPSA) is 56.4 Å². The molecule has 6 nitrogen and oxygen atoms in total. The number of fused-ring (bicyclic) bond motifs is 1. The van der Waals surface area contributed by atoms with Gasteiger partial charge in [-0.15, -0.1) is 0 Å². The van der Waals surface area contributed by atoms with Crippen molar-refractivity contribution in [2.75, 3.05) is 46.4 Å². The summed E-state index contributed by atoms with van der Waals surface area (Å²) in [7, 11) is 1.66. The third-order valence-electron chi connectivity index (χ3n) is 5.95. The van der Waals surface area contributed by atoms with Gasteiger partial charge in [0, 0.05) is 24.1 Å². The minimum Gasteiger partial charge on any atom is -0.496 e. The van der Waals surface area contributed by atoms with Crippen LogP contribution in [0.15, 0.2) is 42.5 Å². The Morgan fingerprint density at radius 2 is 1.90 bits per heavy atom. The van der Waals surface area contributed by atoms with Crippen molar-refractivity contribution >= 4 is 5.91 Å². The third kappa shape index (κ3) is 5.08. The maximum Gasteiger partial charge on any atom is 0.275 e. The van der Waals surface area contributed by atoms with Crippen LogP contribution in [-0.2, 0) is 24.3 Å². The van der Waals surface area contributed by atoms with Crippen LogP contribution in [0.2, 0.25) is 0 Å². The SMILES string of the molecule is COc1ccccc1CNC(=O)C[NH+]1CC[NH+](Cc2ccc3c(c2)CCO3)CC1. The number of carbonyl (C=O) groups excluding carboxylic acids is 1. The number of para-hydroxylation sites is 1. The first-order valence-electron chi connectivity index (χ1n) is 10.5. The second kappa shape index (κ2) is 9.29. The molecule has 1 amide bonds. The third-order valence-corrected chi connectivity index (χ3v) is 5.95. The molecule has 2 aromatic rings. The predicted octanol–water partition coefficient (Wildman–Crippen LogP) is -0.770. The Morgan fingerprint density at radius 3 is 2.72 bits per heavy atom. The summed E-state index contributed by atoms with van der Waals surface area (Å²) in [4.78, 5) is 15.3. The van der Waals surface area contributed by atoms with Gasteiger partial charge in [0.1, 0.15) is 44.2 Å². The number of hydrogen-bond donors (Lipinski definition) is 3. The van der Waals surface area contributed by atoms with Crippen molar-refractivity contribution in [2.24, 2.45) is 0 Å². The number of benzene rings is 2. The minimum atomic E-state index is 0.105. The van der Waals surface area contributed by atoms with Crippen LogP contribution >= 0.6 is 0 Å². The first kappa shape index (κ1) is 19.7. The van der Waals surface area contributed by atoms with E-state index in [4.69, 9.17) is 9.47 Å². The molecule has 6 heteroatoms. The molecule has 0 spiro atoms. The zero-order chi connectivity index (χ0) is 20.1. The number of nitrogens with one attached hydrogen (secondary N) is 3. The Labute approximate surface area is 172 Å². The van der Waals surface area contributed by atoms with Crippen LogP contribution < -0.4 is 24.6 Å². The van der Waals surface area contributed by atoms with E-state index in [-0.39, 0.29) is 5.91 Å². The van der Waals surface area contributed by atoms with Crippen LogP contribution in [0.5, 0.6) is 11.5 Å². The molecule has 0 radical (unpaired) electrons. The molecule has 0 saturated carbocycles. The zero-order valence-electron chi connectivity index (χ0n) is 17.1. The summed E-state index contributed by atoms with van der Waals surface area (Å²) in [6, 6.07) is 14.4. The number of piperazine rings is 1. The number of quaternary nitrogens is 2. The molecular weight excluding hydrogens is 366 g/mol. The number of ether oxygens (including phenoxy) is 2. The predicted molar refractivity (Wildman–Crippen MR) is 110 cm³/mol. The Bertz CT molecular complexity index is 847. The van der Waals surface area contributed by atoms with E-state index in [9.17, 15) is 4.79 Å². The van der Waals surface area contributed by atoms with Crippen molar-refractivity contribution in [1.82, 2.24) is 5.32 Å². The quantitative estimate of drug-likeness (QED) is 0.575. The molecule has 2 aliphatic heterocycles. The summed E-state index contributed by atoms with van der Waals surface area (Å²) in [5, 5.41) is 3.04. The molecule has 0 atom stereocenters. The van der Waals surface area contributed by atoms with Gasteiger partial charge in [-0.3, -0.25) is 4.79 Å². The Hall–Kier alpha value is -2.57. The normalized spacial score (nSPS) is 20.6. The van der Waals surface area contributed by atoms with E-state index in [0.29, 0.717) is 13.1 Å². The van der Waals surface area contributed by atoms with Gasteiger partial charge in [0.05, 0.1) is 13.7 Å². The molecule has 3 N–H and O–H groups in total. The van der Waals surface area contributed by atoms with Crippen LogP contribution in [0.4, 0.5) is 0 Å². The maximum absolute atomic E-state index is 12.4. The van der Waals surface area contributed by atoms with Crippen molar-refractivity contribution in [1.29, 1.82) is 0 Å². The summed E-state index contributed by atoms with van der Waals surface area (Å²) in [6.45, 7) is 7.18. The molecule has 154 valence electrons. The van der Waals surface area contributed by atoms with Crippen LogP contribution in [0.25, 0.3) is 0 Å². The van der Waals surface area contributed by atoms with E-state index in [1.54, 1.807) is 12.0 Å². The minimum absolute atomic E-state index is 0.105. The summed E-state index contributed by atoms with van der Waals surface area (Å²) >= 11 is 0. The first-order valence-corrected chi connectivity index (χ1v) is 10.5. The molecule has 0 aliphatic carbocycles. The summed E-state index contributed by atoms with van der Waals surface area (Å²) in [5.74, 6) is 1.97. The van der Waals surface area contributed by atoms with Gasteiger partial charge in [0.15, 0.2) is 6.54 Å². The lowest BCUT2D eigenvalue weighted by atomic mass is 10.1. The fourth-order valence-electron chi connectivity index (χ4n) is 4.28. The Balaban J connectivity index is 1.20. The lowest BCUT2D eigenvalue weighted by molar-refractivity contribution is -1.02. The van der Waals surface area contributed by atoms with Crippen LogP contribution in [0.1, 0.15) is 16.7 Å². The lowest BCUT2D eigenvalue weighted by Crippen LogP contribution is -3.28. The highest BCUT2D eigenvalue weighted by Crippen LogP contribution is 2.25. The van der Waals surface area contributed by atoms with Gasteiger partial charge in [-0.1, -0.05) is 18.2 Å². The molecule has 29 heavy (non-hydrogen) atoms. The van der Waals surface area contributed by atoms with E-state index in [1.165, 1.54) is 16.0 Å². The number of carbonyl (C=O) groups is 1. The molecule has 0 unspecified atom stereocenters. The number of hydrogen-bond acceptors (Lipinski definition) is 3. The van der Waals surface area contributed by atoms with Crippen molar-refractivity contribution in [3.63, 3.8) is 0 Å². The van der Waals surface area contributed by atoms with Crippen molar-refractivity contribution < 1.29 is 24.1 Å². The molecule has 0 bridgehead atoms. The molecule has 4 rings (SSSR count). The molecule has 1 fully saturated rings. The molecule has 2 aliphatic rings. The van der Waals surface area contributed by atoms with E-state index in [0.717, 1.165) is 62.8 Å². The second-order valence-electron chi connectivity index (χ2n) is 7.98. The summed E-state index contributed by atoms with van der Waals surface area (Å²) in [6.07, 6.45) is 1.03. The molecule has 0 aromatic heterocycles. The van der Waals surface area contributed by atoms with Gasteiger partial charge < -0.3 is 24.6 Å². The van der Waals surface area contributed by atoms with Gasteiger partial charge in [-0.25, -0.2) is 0 Å². The highest BCUT2D eigenvalue weighted by atomic mass is 16.5. The van der Waals surface area contributed by atoms with Crippen LogP contribution in [0, 0.1) is 0 Å². The van der Waals surface area contributed by atoms with Crippen molar-refractivity contribution in [3.05, 3.63) is 59.2 Å². The molecule has 1 saturated heterocycles. The fourth-order valence-corrected chi connectivity index (χ4v) is 4.28. The van der Waals surface area contributed by atoms with Gasteiger partial charge >= 0.3 is 0 Å². The average molecular weight is 398 g/mol. The number of methoxy groups -OCH3 is 1. The zero-order valence-corrected chi connectivity index (χ0v) is 17.1. The van der Waals surface area contributed by atoms with Crippen molar-refractivity contribution in [2.45, 2.75) is 19.5 Å². The molecule has 2 heterocycles. The molecule has 2 aromatic carbocycles. The van der Waals surface area contributed by atoms with Crippen molar-refractivity contribution in [3.8, 4) is 11.5 Å². The largest absolute Gasteiger partial charge is 0.496 e. The lowest BCUT2D eigenvalue weighted by Gasteiger charge is -2.29. The Morgan fingerprint density at radius 1 is 1.10 bits per heavy atom. The Kier molecular flexibility index (Phi) is 6.32. The smallest absolute Gasteiger partial charge is 0.275 e. The maximum atomic E-state index is 12.4. The second-order valence-corrected chi connectivity index (χ2v) is 7.98. The van der Waals surface area contributed by atoms with Gasteiger partial charge in [0.25, 0.3) is 5.91 Å². The van der Waals surface area contributed by atoms with E-state index in [2.05, 4.69) is 23.5 Å². The summed E-state index contributed by atoms with van der Waals surface area (Å²) < 4.78 is 10.9. The van der Waals surface area contributed by atoms with E-state index in [1.807, 2.05) is 24.3 Å². The number of rotatable bonds is 7. The molecular formula is C23H31N3O3+2. The highest BCUT2D eigenvalue weighted by Gasteiger charge is 2.25. The standard InChI is InChI=1S/C23H29N3O3/c1-28-21-5-3-2-4-20(21)15-24-23(27)17-26-11-9-25(10-12-26)16-18-6-7-22-19(14-18)8-13-29-22/h2-7,14H,8-13,15-17H2,1H3,(H,24,27)/p+2.